The third-order valence-electron chi connectivity index (χ3n) is 3.15. The van der Waals surface area contributed by atoms with Gasteiger partial charge >= 0.3 is 0 Å². The van der Waals surface area contributed by atoms with Crippen LogP contribution in [-0.2, 0) is 0 Å². The van der Waals surface area contributed by atoms with E-state index in [4.69, 9.17) is 0 Å². The van der Waals surface area contributed by atoms with Crippen molar-refractivity contribution in [2.75, 3.05) is 6.54 Å². The van der Waals surface area contributed by atoms with E-state index in [1.807, 2.05) is 29.2 Å². The van der Waals surface area contributed by atoms with Crippen LogP contribution < -0.4 is 0 Å². The molecule has 1 heterocycles. The SMILES string of the molecule is CC1CC(C)N(C(=O)c2ccccc2Br)C1. The number of likely N-dealkylation sites (tertiary alicyclic amines) is 1. The maximum atomic E-state index is 12.3. The Morgan fingerprint density at radius 1 is 1.38 bits per heavy atom. The molecule has 1 fully saturated rings. The lowest BCUT2D eigenvalue weighted by Crippen LogP contribution is -2.34. The Morgan fingerprint density at radius 2 is 2.06 bits per heavy atom. The zero-order valence-electron chi connectivity index (χ0n) is 9.61. The molecule has 1 amide bonds. The first-order valence-electron chi connectivity index (χ1n) is 5.65. The van der Waals surface area contributed by atoms with E-state index >= 15 is 0 Å². The zero-order chi connectivity index (χ0) is 11.7. The third-order valence-corrected chi connectivity index (χ3v) is 3.84. The van der Waals surface area contributed by atoms with E-state index in [1.54, 1.807) is 0 Å². The van der Waals surface area contributed by atoms with Gasteiger partial charge in [-0.25, -0.2) is 0 Å². The Kier molecular flexibility index (Phi) is 3.33. The van der Waals surface area contributed by atoms with Crippen LogP contribution in [0.1, 0.15) is 30.6 Å². The van der Waals surface area contributed by atoms with Gasteiger partial charge in [0, 0.05) is 17.1 Å². The Bertz CT molecular complexity index is 405. The number of hydrogen-bond acceptors (Lipinski definition) is 1. The fourth-order valence-electron chi connectivity index (χ4n) is 2.37. The molecule has 16 heavy (non-hydrogen) atoms. The average molecular weight is 282 g/mol. The Morgan fingerprint density at radius 3 is 2.62 bits per heavy atom. The summed E-state index contributed by atoms with van der Waals surface area (Å²) in [5, 5.41) is 0. The van der Waals surface area contributed by atoms with E-state index in [-0.39, 0.29) is 5.91 Å². The molecule has 1 aromatic rings. The van der Waals surface area contributed by atoms with E-state index in [1.165, 1.54) is 0 Å². The molecular weight excluding hydrogens is 266 g/mol. The van der Waals surface area contributed by atoms with Crippen LogP contribution in [0.4, 0.5) is 0 Å². The van der Waals surface area contributed by atoms with Crippen LogP contribution in [0.5, 0.6) is 0 Å². The van der Waals surface area contributed by atoms with Gasteiger partial charge in [0.1, 0.15) is 0 Å². The van der Waals surface area contributed by atoms with Crippen LogP contribution in [0.15, 0.2) is 28.7 Å². The molecule has 0 aromatic heterocycles. The van der Waals surface area contributed by atoms with Gasteiger partial charge in [-0.2, -0.15) is 0 Å². The summed E-state index contributed by atoms with van der Waals surface area (Å²) in [6, 6.07) is 7.98. The van der Waals surface area contributed by atoms with Crippen LogP contribution >= 0.6 is 15.9 Å². The van der Waals surface area contributed by atoms with E-state index in [2.05, 4.69) is 29.8 Å². The highest BCUT2D eigenvalue weighted by Crippen LogP contribution is 2.26. The molecule has 0 spiro atoms. The van der Waals surface area contributed by atoms with Crippen LogP contribution in [-0.4, -0.2) is 23.4 Å². The molecule has 1 saturated heterocycles. The van der Waals surface area contributed by atoms with Gasteiger partial charge in [0.25, 0.3) is 5.91 Å². The number of nitrogens with zero attached hydrogens (tertiary/aromatic N) is 1. The molecule has 1 aromatic carbocycles. The molecule has 1 aliphatic rings. The van der Waals surface area contributed by atoms with Gasteiger partial charge in [0.05, 0.1) is 5.56 Å². The second-order valence-electron chi connectivity index (χ2n) is 4.63. The minimum atomic E-state index is 0.143. The second-order valence-corrected chi connectivity index (χ2v) is 5.48. The van der Waals surface area contributed by atoms with Crippen LogP contribution in [0.3, 0.4) is 0 Å². The summed E-state index contributed by atoms with van der Waals surface area (Å²) in [5.41, 5.74) is 0.767. The summed E-state index contributed by atoms with van der Waals surface area (Å²) in [7, 11) is 0. The smallest absolute Gasteiger partial charge is 0.255 e. The molecule has 86 valence electrons. The summed E-state index contributed by atoms with van der Waals surface area (Å²) in [4.78, 5) is 14.3. The Balaban J connectivity index is 2.23. The highest BCUT2D eigenvalue weighted by Gasteiger charge is 2.30. The summed E-state index contributed by atoms with van der Waals surface area (Å²) in [6.07, 6.45) is 1.11. The number of hydrogen-bond donors (Lipinski definition) is 0. The van der Waals surface area contributed by atoms with E-state index in [0.717, 1.165) is 23.0 Å². The van der Waals surface area contributed by atoms with Crippen LogP contribution in [0.2, 0.25) is 0 Å². The standard InChI is InChI=1S/C13H16BrNO/c1-9-7-10(2)15(8-9)13(16)11-5-3-4-6-12(11)14/h3-6,9-10H,7-8H2,1-2H3. The van der Waals surface area contributed by atoms with Gasteiger partial charge < -0.3 is 4.90 Å². The molecule has 0 bridgehead atoms. The van der Waals surface area contributed by atoms with Gasteiger partial charge in [-0.3, -0.25) is 4.79 Å². The van der Waals surface area contributed by atoms with E-state index in [0.29, 0.717) is 12.0 Å². The average Bonchev–Trinajstić information content (AvgIpc) is 2.58. The summed E-state index contributed by atoms with van der Waals surface area (Å²) in [5.74, 6) is 0.755. The predicted octanol–water partition coefficient (Wildman–Crippen LogP) is 3.32. The molecule has 2 nitrogen and oxygen atoms in total. The largest absolute Gasteiger partial charge is 0.336 e. The lowest BCUT2D eigenvalue weighted by molar-refractivity contribution is 0.0743. The highest BCUT2D eigenvalue weighted by atomic mass is 79.9. The first-order valence-corrected chi connectivity index (χ1v) is 6.44. The van der Waals surface area contributed by atoms with Gasteiger partial charge in [-0.05, 0) is 47.3 Å². The minimum Gasteiger partial charge on any atom is -0.336 e. The van der Waals surface area contributed by atoms with Gasteiger partial charge in [0.2, 0.25) is 0 Å². The number of carbonyl (C=O) groups excluding carboxylic acids is 1. The van der Waals surface area contributed by atoms with Crippen molar-refractivity contribution >= 4 is 21.8 Å². The van der Waals surface area contributed by atoms with Gasteiger partial charge in [-0.1, -0.05) is 19.1 Å². The van der Waals surface area contributed by atoms with E-state index < -0.39 is 0 Å². The number of rotatable bonds is 1. The minimum absolute atomic E-state index is 0.143. The highest BCUT2D eigenvalue weighted by molar-refractivity contribution is 9.10. The molecule has 0 N–H and O–H groups in total. The zero-order valence-corrected chi connectivity index (χ0v) is 11.2. The van der Waals surface area contributed by atoms with Crippen molar-refractivity contribution in [3.8, 4) is 0 Å². The molecule has 0 saturated carbocycles. The molecule has 2 rings (SSSR count). The van der Waals surface area contributed by atoms with Crippen molar-refractivity contribution in [2.45, 2.75) is 26.3 Å². The van der Waals surface area contributed by atoms with Crippen molar-refractivity contribution in [2.24, 2.45) is 5.92 Å². The predicted molar refractivity (Wildman–Crippen MR) is 68.4 cm³/mol. The number of carbonyl (C=O) groups is 1. The monoisotopic (exact) mass is 281 g/mol. The van der Waals surface area contributed by atoms with Crippen molar-refractivity contribution in [1.82, 2.24) is 4.90 Å². The summed E-state index contributed by atoms with van der Waals surface area (Å²) >= 11 is 3.43. The van der Waals surface area contributed by atoms with Gasteiger partial charge in [-0.15, -0.1) is 0 Å². The fourth-order valence-corrected chi connectivity index (χ4v) is 2.83. The van der Waals surface area contributed by atoms with E-state index in [9.17, 15) is 4.79 Å². The van der Waals surface area contributed by atoms with Gasteiger partial charge in [0.15, 0.2) is 0 Å². The number of halogens is 1. The molecule has 3 heteroatoms. The molecular formula is C13H16BrNO. The number of amides is 1. The molecule has 2 unspecified atom stereocenters. The topological polar surface area (TPSA) is 20.3 Å². The molecule has 0 aliphatic carbocycles. The second kappa shape index (κ2) is 4.58. The Hall–Kier alpha value is -0.830. The normalized spacial score (nSPS) is 24.8. The molecule has 0 radical (unpaired) electrons. The molecule has 2 atom stereocenters. The quantitative estimate of drug-likeness (QED) is 0.773. The Labute approximate surface area is 105 Å². The van der Waals surface area contributed by atoms with Crippen LogP contribution in [0.25, 0.3) is 0 Å². The molecule has 1 aliphatic heterocycles. The van der Waals surface area contributed by atoms with Crippen LogP contribution in [0, 0.1) is 5.92 Å². The first kappa shape index (κ1) is 11.6. The summed E-state index contributed by atoms with van der Waals surface area (Å²) < 4.78 is 0.881. The number of benzene rings is 1. The van der Waals surface area contributed by atoms with Crippen molar-refractivity contribution < 1.29 is 4.79 Å². The van der Waals surface area contributed by atoms with Crippen molar-refractivity contribution in [1.29, 1.82) is 0 Å². The first-order chi connectivity index (χ1) is 7.59. The lowest BCUT2D eigenvalue weighted by Gasteiger charge is -2.22. The maximum absolute atomic E-state index is 12.3. The summed E-state index contributed by atoms with van der Waals surface area (Å²) in [6.45, 7) is 5.20. The third kappa shape index (κ3) is 2.14. The van der Waals surface area contributed by atoms with Crippen molar-refractivity contribution in [3.63, 3.8) is 0 Å². The fraction of sp³-hybridized carbons (Fsp3) is 0.462. The lowest BCUT2D eigenvalue weighted by atomic mass is 10.1. The van der Waals surface area contributed by atoms with Crippen molar-refractivity contribution in [3.05, 3.63) is 34.3 Å². The maximum Gasteiger partial charge on any atom is 0.255 e.